The van der Waals surface area contributed by atoms with E-state index in [0.717, 1.165) is 37.3 Å². The summed E-state index contributed by atoms with van der Waals surface area (Å²) in [7, 11) is 2.08. The molecule has 0 N–H and O–H groups in total. The minimum absolute atomic E-state index is 0.00118. The summed E-state index contributed by atoms with van der Waals surface area (Å²) < 4.78 is 0. The van der Waals surface area contributed by atoms with Crippen LogP contribution in [0.2, 0.25) is 0 Å². The van der Waals surface area contributed by atoms with Crippen molar-refractivity contribution in [3.8, 4) is 0 Å². The van der Waals surface area contributed by atoms with E-state index >= 15 is 0 Å². The van der Waals surface area contributed by atoms with Gasteiger partial charge >= 0.3 is 0 Å². The van der Waals surface area contributed by atoms with Crippen molar-refractivity contribution in [1.29, 1.82) is 0 Å². The molecule has 1 fully saturated rings. The van der Waals surface area contributed by atoms with Crippen LogP contribution in [0.3, 0.4) is 0 Å². The van der Waals surface area contributed by atoms with E-state index in [9.17, 15) is 9.59 Å². The van der Waals surface area contributed by atoms with Crippen LogP contribution in [0, 0.1) is 5.92 Å². The van der Waals surface area contributed by atoms with E-state index in [1.54, 1.807) is 4.90 Å². The summed E-state index contributed by atoms with van der Waals surface area (Å²) in [5.41, 5.74) is 1.78. The van der Waals surface area contributed by atoms with E-state index in [4.69, 9.17) is 0 Å². The average Bonchev–Trinajstić information content (AvgIpc) is 2.90. The fourth-order valence-electron chi connectivity index (χ4n) is 3.57. The summed E-state index contributed by atoms with van der Waals surface area (Å²) in [5.74, 6) is 0.472. The number of hydrogen-bond acceptors (Lipinski definition) is 3. The maximum absolute atomic E-state index is 13.1. The molecule has 5 nitrogen and oxygen atoms in total. The largest absolute Gasteiger partial charge is 0.338 e. The zero-order valence-corrected chi connectivity index (χ0v) is 14.9. The zero-order chi connectivity index (χ0) is 17.3. The molecule has 0 aliphatic carbocycles. The molecule has 1 saturated heterocycles. The SMILES string of the molecule is CC(C)C[C@@H](C(=O)N1CCN(C)CC1)N1Cc2ccccc2C1=O. The van der Waals surface area contributed by atoms with E-state index in [1.165, 1.54) is 0 Å². The Morgan fingerprint density at radius 2 is 1.79 bits per heavy atom. The number of rotatable bonds is 4. The van der Waals surface area contributed by atoms with Crippen molar-refractivity contribution in [2.75, 3.05) is 33.2 Å². The van der Waals surface area contributed by atoms with Crippen molar-refractivity contribution in [2.24, 2.45) is 5.92 Å². The smallest absolute Gasteiger partial charge is 0.255 e. The summed E-state index contributed by atoms with van der Waals surface area (Å²) >= 11 is 0. The van der Waals surface area contributed by atoms with E-state index in [0.29, 0.717) is 18.9 Å². The maximum Gasteiger partial charge on any atom is 0.255 e. The standard InChI is InChI=1S/C19H27N3O2/c1-14(2)12-17(19(24)21-10-8-20(3)9-11-21)22-13-15-6-4-5-7-16(15)18(22)23/h4-7,14,17H,8-13H2,1-3H3/t17-/m0/s1. The van der Waals surface area contributed by atoms with E-state index in [1.807, 2.05) is 29.2 Å². The number of carbonyl (C=O) groups excluding carboxylic acids is 2. The lowest BCUT2D eigenvalue weighted by molar-refractivity contribution is -0.138. The van der Waals surface area contributed by atoms with Crippen molar-refractivity contribution in [3.05, 3.63) is 35.4 Å². The second kappa shape index (κ2) is 6.93. The van der Waals surface area contributed by atoms with Crippen LogP contribution in [-0.4, -0.2) is 65.8 Å². The zero-order valence-electron chi connectivity index (χ0n) is 14.9. The van der Waals surface area contributed by atoms with Gasteiger partial charge in [0.15, 0.2) is 0 Å². The Labute approximate surface area is 144 Å². The minimum atomic E-state index is -0.353. The minimum Gasteiger partial charge on any atom is -0.338 e. The number of hydrogen-bond donors (Lipinski definition) is 0. The molecule has 24 heavy (non-hydrogen) atoms. The highest BCUT2D eigenvalue weighted by atomic mass is 16.2. The van der Waals surface area contributed by atoms with Crippen LogP contribution < -0.4 is 0 Å². The van der Waals surface area contributed by atoms with E-state index in [2.05, 4.69) is 25.8 Å². The van der Waals surface area contributed by atoms with Gasteiger partial charge in [0, 0.05) is 38.3 Å². The van der Waals surface area contributed by atoms with Crippen LogP contribution in [0.15, 0.2) is 24.3 Å². The first-order valence-electron chi connectivity index (χ1n) is 8.83. The molecule has 0 bridgehead atoms. The van der Waals surface area contributed by atoms with Gasteiger partial charge in [-0.2, -0.15) is 0 Å². The Kier molecular flexibility index (Phi) is 4.90. The lowest BCUT2D eigenvalue weighted by Crippen LogP contribution is -2.54. The van der Waals surface area contributed by atoms with E-state index in [-0.39, 0.29) is 17.9 Å². The van der Waals surface area contributed by atoms with E-state index < -0.39 is 0 Å². The Morgan fingerprint density at radius 1 is 1.12 bits per heavy atom. The number of likely N-dealkylation sites (N-methyl/N-ethyl adjacent to an activating group) is 1. The van der Waals surface area contributed by atoms with Crippen molar-refractivity contribution in [3.63, 3.8) is 0 Å². The third-order valence-electron chi connectivity index (χ3n) is 5.02. The molecular weight excluding hydrogens is 302 g/mol. The molecule has 130 valence electrons. The van der Waals surface area contributed by atoms with Gasteiger partial charge in [-0.25, -0.2) is 0 Å². The molecular formula is C19H27N3O2. The molecule has 1 atom stereocenters. The molecule has 0 spiro atoms. The quantitative estimate of drug-likeness (QED) is 0.846. The first kappa shape index (κ1) is 17.0. The van der Waals surface area contributed by atoms with Gasteiger partial charge in [0.05, 0.1) is 0 Å². The molecule has 0 saturated carbocycles. The van der Waals surface area contributed by atoms with Gasteiger partial charge in [-0.3, -0.25) is 9.59 Å². The van der Waals surface area contributed by atoms with Crippen LogP contribution in [0.5, 0.6) is 0 Å². The van der Waals surface area contributed by atoms with Gasteiger partial charge in [0.2, 0.25) is 5.91 Å². The number of benzene rings is 1. The van der Waals surface area contributed by atoms with Crippen LogP contribution >= 0.6 is 0 Å². The van der Waals surface area contributed by atoms with Gasteiger partial charge in [0.25, 0.3) is 5.91 Å². The molecule has 5 heteroatoms. The molecule has 0 unspecified atom stereocenters. The first-order valence-corrected chi connectivity index (χ1v) is 8.83. The van der Waals surface area contributed by atoms with Crippen LogP contribution in [0.1, 0.15) is 36.2 Å². The third kappa shape index (κ3) is 3.31. The molecule has 2 aliphatic heterocycles. The normalized spacial score (nSPS) is 19.8. The summed E-state index contributed by atoms with van der Waals surface area (Å²) in [6, 6.07) is 7.34. The fourth-order valence-corrected chi connectivity index (χ4v) is 3.57. The topological polar surface area (TPSA) is 43.9 Å². The first-order chi connectivity index (χ1) is 11.5. The molecule has 3 rings (SSSR count). The monoisotopic (exact) mass is 329 g/mol. The highest BCUT2D eigenvalue weighted by molar-refractivity contribution is 6.01. The summed E-state index contributed by atoms with van der Waals surface area (Å²) in [5, 5.41) is 0. The highest BCUT2D eigenvalue weighted by Crippen LogP contribution is 2.27. The molecule has 2 heterocycles. The number of amides is 2. The summed E-state index contributed by atoms with van der Waals surface area (Å²) in [6.45, 7) is 8.06. The van der Waals surface area contributed by atoms with Gasteiger partial charge < -0.3 is 14.7 Å². The number of piperazine rings is 1. The molecule has 2 amide bonds. The number of carbonyl (C=O) groups is 2. The molecule has 2 aliphatic rings. The van der Waals surface area contributed by atoms with Crippen LogP contribution in [0.4, 0.5) is 0 Å². The number of nitrogens with zero attached hydrogens (tertiary/aromatic N) is 3. The van der Waals surface area contributed by atoms with Gasteiger partial charge in [-0.1, -0.05) is 32.0 Å². The Balaban J connectivity index is 1.80. The molecule has 0 aromatic heterocycles. The lowest BCUT2D eigenvalue weighted by Gasteiger charge is -2.37. The summed E-state index contributed by atoms with van der Waals surface area (Å²) in [6.07, 6.45) is 0.713. The van der Waals surface area contributed by atoms with Crippen molar-refractivity contribution < 1.29 is 9.59 Å². The lowest BCUT2D eigenvalue weighted by atomic mass is 10.0. The highest BCUT2D eigenvalue weighted by Gasteiger charge is 2.38. The van der Waals surface area contributed by atoms with Crippen molar-refractivity contribution in [2.45, 2.75) is 32.9 Å². The summed E-state index contributed by atoms with van der Waals surface area (Å²) in [4.78, 5) is 31.9. The van der Waals surface area contributed by atoms with Crippen molar-refractivity contribution in [1.82, 2.24) is 14.7 Å². The number of fused-ring (bicyclic) bond motifs is 1. The Hall–Kier alpha value is -1.88. The van der Waals surface area contributed by atoms with Gasteiger partial charge in [-0.05, 0) is 31.0 Å². The second-order valence-corrected chi connectivity index (χ2v) is 7.36. The molecule has 1 aromatic rings. The Morgan fingerprint density at radius 3 is 2.42 bits per heavy atom. The fraction of sp³-hybridized carbons (Fsp3) is 0.579. The maximum atomic E-state index is 13.1. The predicted octanol–water partition coefficient (Wildman–Crippen LogP) is 1.83. The van der Waals surface area contributed by atoms with Crippen LogP contribution in [0.25, 0.3) is 0 Å². The molecule has 0 radical (unpaired) electrons. The Bertz CT molecular complexity index is 621. The average molecular weight is 329 g/mol. The second-order valence-electron chi connectivity index (χ2n) is 7.36. The third-order valence-corrected chi connectivity index (χ3v) is 5.02. The van der Waals surface area contributed by atoms with Gasteiger partial charge in [-0.15, -0.1) is 0 Å². The van der Waals surface area contributed by atoms with Gasteiger partial charge in [0.1, 0.15) is 6.04 Å². The van der Waals surface area contributed by atoms with Crippen LogP contribution in [-0.2, 0) is 11.3 Å². The molecule has 1 aromatic carbocycles. The van der Waals surface area contributed by atoms with Crippen molar-refractivity contribution >= 4 is 11.8 Å². The predicted molar refractivity (Wildman–Crippen MR) is 93.6 cm³/mol.